The summed E-state index contributed by atoms with van der Waals surface area (Å²) in [7, 11) is -7.14. The van der Waals surface area contributed by atoms with Gasteiger partial charge >= 0.3 is 20.7 Å². The molecular formula is C16H36O7Si4. The molecule has 0 aliphatic rings. The predicted octanol–water partition coefficient (Wildman–Crippen LogP) is 2.45. The molecule has 0 aliphatic carbocycles. The van der Waals surface area contributed by atoms with Gasteiger partial charge in [0.05, 0.1) is 0 Å². The first-order valence-electron chi connectivity index (χ1n) is 8.96. The molecule has 1 atom stereocenters. The summed E-state index contributed by atoms with van der Waals surface area (Å²) in [6.45, 7) is 18.4. The molecule has 0 saturated heterocycles. The molecule has 0 aliphatic heterocycles. The zero-order valence-corrected chi connectivity index (χ0v) is 23.3. The van der Waals surface area contributed by atoms with Crippen LogP contribution in [0.2, 0.25) is 39.3 Å². The van der Waals surface area contributed by atoms with E-state index in [0.29, 0.717) is 16.9 Å². The summed E-state index contributed by atoms with van der Waals surface area (Å²) in [6, 6.07) is 0. The maximum absolute atomic E-state index is 12.3. The lowest BCUT2D eigenvalue weighted by Gasteiger charge is -2.43. The minimum Gasteiger partial charge on any atom is -0.478 e. The summed E-state index contributed by atoms with van der Waals surface area (Å²) in [4.78, 5) is 23.0. The van der Waals surface area contributed by atoms with Crippen molar-refractivity contribution in [3.8, 4) is 0 Å². The van der Waals surface area contributed by atoms with E-state index in [9.17, 15) is 9.59 Å². The number of carbonyl (C=O) groups is 2. The summed E-state index contributed by atoms with van der Waals surface area (Å²) in [5.41, 5.74) is -0.870. The Hall–Kier alpha value is -0.572. The molecule has 0 aromatic carbocycles. The van der Waals surface area contributed by atoms with Gasteiger partial charge in [0.2, 0.25) is 0 Å². The lowest BCUT2D eigenvalue weighted by molar-refractivity contribution is -0.143. The Morgan fingerprint density at radius 3 is 1.74 bits per heavy atom. The van der Waals surface area contributed by atoms with E-state index < -0.39 is 43.1 Å². The molecule has 0 amide bonds. The zero-order valence-electron chi connectivity index (χ0n) is 18.3. The quantitative estimate of drug-likeness (QED) is 0.309. The molecule has 0 aromatic rings. The first-order chi connectivity index (χ1) is 11.9. The molecule has 27 heavy (non-hydrogen) atoms. The Kier molecular flexibility index (Phi) is 9.55. The fourth-order valence-corrected chi connectivity index (χ4v) is 15.1. The summed E-state index contributed by atoms with van der Waals surface area (Å²) in [5.74, 6) is -1.95. The normalized spacial score (nSPS) is 15.1. The average Bonchev–Trinajstić information content (AvgIpc) is 2.39. The van der Waals surface area contributed by atoms with Gasteiger partial charge in [-0.25, -0.2) is 9.59 Å². The number of aliphatic carboxylic acids is 1. The van der Waals surface area contributed by atoms with E-state index in [1.165, 1.54) is 0 Å². The predicted molar refractivity (Wildman–Crippen MR) is 116 cm³/mol. The van der Waals surface area contributed by atoms with Gasteiger partial charge in [0.1, 0.15) is 10.5 Å². The molecule has 158 valence electrons. The van der Waals surface area contributed by atoms with E-state index in [0.717, 1.165) is 12.2 Å². The van der Waals surface area contributed by atoms with Crippen molar-refractivity contribution in [3.63, 3.8) is 0 Å². The standard InChI is InChI=1S/C16H36O7Si4/c1-16(2,3)12-15(20-14(19)11-10-13(17)18)27(21-24,22-25(4,5)6)23-26(7,8)9/h10-11,15H,12H2,1-9,24H3,(H,17,18). The van der Waals surface area contributed by atoms with Crippen molar-refractivity contribution in [1.29, 1.82) is 0 Å². The summed E-state index contributed by atoms with van der Waals surface area (Å²) in [6.07, 6.45) is 2.16. The molecule has 0 fully saturated rings. The maximum Gasteiger partial charge on any atom is 0.512 e. The Morgan fingerprint density at radius 2 is 1.44 bits per heavy atom. The molecule has 0 saturated carbocycles. The highest BCUT2D eigenvalue weighted by atomic mass is 28.5. The Bertz CT molecular complexity index is 528. The molecule has 7 nitrogen and oxygen atoms in total. The van der Waals surface area contributed by atoms with Crippen LogP contribution in [0.3, 0.4) is 0 Å². The van der Waals surface area contributed by atoms with Crippen molar-refractivity contribution in [3.05, 3.63) is 12.2 Å². The molecule has 0 heterocycles. The maximum atomic E-state index is 12.3. The van der Waals surface area contributed by atoms with Crippen LogP contribution >= 0.6 is 0 Å². The molecule has 0 bridgehead atoms. The molecule has 0 aromatic heterocycles. The van der Waals surface area contributed by atoms with Crippen molar-refractivity contribution >= 4 is 47.9 Å². The third-order valence-electron chi connectivity index (χ3n) is 2.99. The van der Waals surface area contributed by atoms with Crippen LogP contribution in [0, 0.1) is 5.41 Å². The number of carbonyl (C=O) groups excluding carboxylic acids is 1. The Morgan fingerprint density at radius 1 is 1.00 bits per heavy atom. The van der Waals surface area contributed by atoms with Gasteiger partial charge in [0.25, 0.3) is 0 Å². The second-order valence-corrected chi connectivity index (χ2v) is 23.2. The lowest BCUT2D eigenvalue weighted by atomic mass is 9.93. The van der Waals surface area contributed by atoms with Gasteiger partial charge in [-0.15, -0.1) is 0 Å². The molecule has 0 radical (unpaired) electrons. The number of hydrogen-bond acceptors (Lipinski definition) is 6. The smallest absolute Gasteiger partial charge is 0.478 e. The van der Waals surface area contributed by atoms with Crippen LogP contribution < -0.4 is 0 Å². The van der Waals surface area contributed by atoms with Crippen molar-refractivity contribution in [2.24, 2.45) is 5.41 Å². The topological polar surface area (TPSA) is 91.3 Å². The molecular weight excluding hydrogens is 417 g/mol. The van der Waals surface area contributed by atoms with E-state index in [1.54, 1.807) is 0 Å². The molecule has 1 N–H and O–H groups in total. The number of carboxylic acid groups (broad SMARTS) is 1. The fraction of sp³-hybridized carbons (Fsp3) is 0.750. The van der Waals surface area contributed by atoms with Gasteiger partial charge in [-0.05, 0) is 51.1 Å². The first kappa shape index (κ1) is 26.4. The highest BCUT2D eigenvalue weighted by Crippen LogP contribution is 2.33. The highest BCUT2D eigenvalue weighted by molar-refractivity contribution is 6.87. The third kappa shape index (κ3) is 11.8. The lowest BCUT2D eigenvalue weighted by Crippen LogP contribution is -2.65. The average molecular weight is 453 g/mol. The second-order valence-electron chi connectivity index (χ2n) is 9.60. The first-order valence-corrected chi connectivity index (χ1v) is 18.4. The van der Waals surface area contributed by atoms with Crippen molar-refractivity contribution in [2.75, 3.05) is 0 Å². The van der Waals surface area contributed by atoms with E-state index >= 15 is 0 Å². The second kappa shape index (κ2) is 9.76. The largest absolute Gasteiger partial charge is 0.512 e. The number of esters is 1. The van der Waals surface area contributed by atoms with Crippen molar-refractivity contribution in [1.82, 2.24) is 0 Å². The Labute approximate surface area is 169 Å². The van der Waals surface area contributed by atoms with Crippen LogP contribution in [0.5, 0.6) is 0 Å². The van der Waals surface area contributed by atoms with Gasteiger partial charge < -0.3 is 22.2 Å². The van der Waals surface area contributed by atoms with Crippen LogP contribution in [-0.2, 0) is 26.7 Å². The van der Waals surface area contributed by atoms with Crippen LogP contribution in [0.25, 0.3) is 0 Å². The van der Waals surface area contributed by atoms with Gasteiger partial charge in [-0.3, -0.25) is 0 Å². The van der Waals surface area contributed by atoms with Crippen LogP contribution in [0.4, 0.5) is 0 Å². The van der Waals surface area contributed by atoms with Crippen LogP contribution in [0.1, 0.15) is 27.2 Å². The van der Waals surface area contributed by atoms with Gasteiger partial charge in [-0.1, -0.05) is 20.8 Å². The van der Waals surface area contributed by atoms with Crippen LogP contribution in [0.15, 0.2) is 12.2 Å². The fourth-order valence-electron chi connectivity index (χ4n) is 2.33. The molecule has 1 unspecified atom stereocenters. The van der Waals surface area contributed by atoms with Crippen molar-refractivity contribution in [2.45, 2.75) is 72.2 Å². The van der Waals surface area contributed by atoms with Crippen LogP contribution in [-0.4, -0.2) is 58.7 Å². The SMILES string of the molecule is CC(C)(C)CC(OC(=O)C=CC(=O)O)[Si](O[SiH3])(O[Si](C)(C)C)O[Si](C)(C)C. The highest BCUT2D eigenvalue weighted by Gasteiger charge is 2.56. The molecule has 0 rings (SSSR count). The van der Waals surface area contributed by atoms with Gasteiger partial charge in [0, 0.05) is 12.2 Å². The zero-order chi connectivity index (χ0) is 21.7. The monoisotopic (exact) mass is 452 g/mol. The van der Waals surface area contributed by atoms with E-state index in [4.69, 9.17) is 22.2 Å². The minimum atomic E-state index is -3.34. The van der Waals surface area contributed by atoms with E-state index in [2.05, 4.69) is 0 Å². The summed E-state index contributed by atoms with van der Waals surface area (Å²) < 4.78 is 24.6. The van der Waals surface area contributed by atoms with E-state index in [-0.39, 0.29) is 5.41 Å². The number of hydrogen-bond donors (Lipinski definition) is 1. The summed E-state index contributed by atoms with van der Waals surface area (Å²) in [5, 5.41) is 8.75. The Balaban J connectivity index is 6.07. The van der Waals surface area contributed by atoms with Gasteiger partial charge in [0.15, 0.2) is 22.4 Å². The number of rotatable bonds is 10. The van der Waals surface area contributed by atoms with Crippen molar-refractivity contribution < 1.29 is 31.8 Å². The third-order valence-corrected chi connectivity index (χ3v) is 13.6. The van der Waals surface area contributed by atoms with Gasteiger partial charge in [-0.2, -0.15) is 0 Å². The number of ether oxygens (including phenoxy) is 1. The summed E-state index contributed by atoms with van der Waals surface area (Å²) >= 11 is 0. The van der Waals surface area contributed by atoms with E-state index in [1.807, 2.05) is 60.1 Å². The minimum absolute atomic E-state index is 0.175. The molecule has 11 heteroatoms. The molecule has 0 spiro atoms. The number of carboxylic acids is 1.